The summed E-state index contributed by atoms with van der Waals surface area (Å²) in [6, 6.07) is 8.90. The Morgan fingerprint density at radius 3 is 3.13 bits per heavy atom. The van der Waals surface area contributed by atoms with E-state index in [9.17, 15) is 9.59 Å². The molecular formula is C15H13N3O3S2. The predicted octanol–water partition coefficient (Wildman–Crippen LogP) is 2.72. The topological polar surface area (TPSA) is 84.1 Å². The van der Waals surface area contributed by atoms with Crippen LogP contribution in [0.3, 0.4) is 0 Å². The highest BCUT2D eigenvalue weighted by Crippen LogP contribution is 2.20. The summed E-state index contributed by atoms with van der Waals surface area (Å²) >= 11 is 2.53. The molecule has 0 unspecified atom stereocenters. The van der Waals surface area contributed by atoms with Gasteiger partial charge in [0.05, 0.1) is 18.4 Å². The van der Waals surface area contributed by atoms with Gasteiger partial charge in [-0.25, -0.2) is 4.98 Å². The number of nitrogens with one attached hydrogen (secondary N) is 2. The van der Waals surface area contributed by atoms with Gasteiger partial charge in [0.2, 0.25) is 5.91 Å². The number of thiophene rings is 1. The van der Waals surface area contributed by atoms with Crippen LogP contribution < -0.4 is 15.6 Å². The third kappa shape index (κ3) is 3.72. The van der Waals surface area contributed by atoms with E-state index < -0.39 is 0 Å². The van der Waals surface area contributed by atoms with Crippen molar-refractivity contribution in [2.75, 3.05) is 18.2 Å². The molecule has 6 nitrogen and oxygen atoms in total. The van der Waals surface area contributed by atoms with Gasteiger partial charge < -0.3 is 15.0 Å². The van der Waals surface area contributed by atoms with E-state index in [1.165, 1.54) is 23.1 Å². The van der Waals surface area contributed by atoms with Crippen LogP contribution in [0.1, 0.15) is 0 Å². The van der Waals surface area contributed by atoms with Gasteiger partial charge in [0.15, 0.2) is 5.16 Å². The lowest BCUT2D eigenvalue weighted by Gasteiger charge is -2.06. The van der Waals surface area contributed by atoms with Crippen molar-refractivity contribution >= 4 is 44.9 Å². The maximum atomic E-state index is 12.0. The molecule has 0 aliphatic carbocycles. The number of carbonyl (C=O) groups excluding carboxylic acids is 1. The summed E-state index contributed by atoms with van der Waals surface area (Å²) in [4.78, 5) is 30.8. The van der Waals surface area contributed by atoms with Crippen LogP contribution in [-0.4, -0.2) is 28.7 Å². The number of methoxy groups -OCH3 is 1. The molecule has 0 fully saturated rings. The van der Waals surface area contributed by atoms with Crippen molar-refractivity contribution < 1.29 is 9.53 Å². The monoisotopic (exact) mass is 347 g/mol. The number of H-pyrrole nitrogens is 1. The fourth-order valence-corrected chi connectivity index (χ4v) is 3.35. The van der Waals surface area contributed by atoms with Gasteiger partial charge in [-0.2, -0.15) is 0 Å². The van der Waals surface area contributed by atoms with Crippen LogP contribution in [0.5, 0.6) is 5.75 Å². The van der Waals surface area contributed by atoms with E-state index in [0.717, 1.165) is 0 Å². The molecule has 3 aromatic rings. The smallest absolute Gasteiger partial charge is 0.269 e. The van der Waals surface area contributed by atoms with Crippen molar-refractivity contribution in [2.24, 2.45) is 0 Å². The fourth-order valence-electron chi connectivity index (χ4n) is 1.95. The SMILES string of the molecule is COc1cccc(NC(=O)CSc2nc3ccsc3c(=O)[nH]2)c1. The number of fused-ring (bicyclic) bond motifs is 1. The Morgan fingerprint density at radius 1 is 1.43 bits per heavy atom. The lowest BCUT2D eigenvalue weighted by Crippen LogP contribution is -2.15. The molecule has 1 aromatic carbocycles. The second kappa shape index (κ2) is 6.84. The Balaban J connectivity index is 1.64. The summed E-state index contributed by atoms with van der Waals surface area (Å²) in [7, 11) is 1.57. The first kappa shape index (κ1) is 15.6. The van der Waals surface area contributed by atoms with Crippen molar-refractivity contribution in [3.63, 3.8) is 0 Å². The molecule has 0 spiro atoms. The molecule has 0 saturated heterocycles. The number of carbonyl (C=O) groups is 1. The number of ether oxygens (including phenoxy) is 1. The summed E-state index contributed by atoms with van der Waals surface area (Å²) in [5.41, 5.74) is 1.12. The summed E-state index contributed by atoms with van der Waals surface area (Å²) in [6.07, 6.45) is 0. The van der Waals surface area contributed by atoms with Crippen molar-refractivity contribution in [3.8, 4) is 5.75 Å². The summed E-state index contributed by atoms with van der Waals surface area (Å²) < 4.78 is 5.70. The maximum absolute atomic E-state index is 12.0. The van der Waals surface area contributed by atoms with E-state index in [4.69, 9.17) is 4.74 Å². The molecule has 0 aliphatic heterocycles. The number of hydrogen-bond acceptors (Lipinski definition) is 6. The number of thioether (sulfide) groups is 1. The molecule has 0 atom stereocenters. The summed E-state index contributed by atoms with van der Waals surface area (Å²) in [5, 5.41) is 5.02. The molecule has 2 N–H and O–H groups in total. The van der Waals surface area contributed by atoms with Crippen LogP contribution in [0.15, 0.2) is 45.7 Å². The van der Waals surface area contributed by atoms with Crippen LogP contribution in [0.4, 0.5) is 5.69 Å². The Bertz CT molecular complexity index is 904. The zero-order valence-electron chi connectivity index (χ0n) is 12.2. The molecule has 2 heterocycles. The number of nitrogens with zero attached hydrogens (tertiary/aromatic N) is 1. The van der Waals surface area contributed by atoms with E-state index in [-0.39, 0.29) is 17.2 Å². The predicted molar refractivity (Wildman–Crippen MR) is 92.6 cm³/mol. The second-order valence-electron chi connectivity index (χ2n) is 4.57. The molecule has 0 aliphatic rings. The molecule has 23 heavy (non-hydrogen) atoms. The van der Waals surface area contributed by atoms with Gasteiger partial charge in [-0.05, 0) is 23.6 Å². The normalized spacial score (nSPS) is 10.7. The van der Waals surface area contributed by atoms with E-state index in [0.29, 0.717) is 26.8 Å². The summed E-state index contributed by atoms with van der Waals surface area (Å²) in [5.74, 6) is 0.635. The Morgan fingerprint density at radius 2 is 2.30 bits per heavy atom. The van der Waals surface area contributed by atoms with Crippen molar-refractivity contribution in [2.45, 2.75) is 5.16 Å². The molecule has 0 radical (unpaired) electrons. The van der Waals surface area contributed by atoms with Gasteiger partial charge in [-0.15, -0.1) is 11.3 Å². The third-order valence-electron chi connectivity index (χ3n) is 2.99. The minimum atomic E-state index is -0.184. The molecule has 0 bridgehead atoms. The van der Waals surface area contributed by atoms with Gasteiger partial charge in [-0.1, -0.05) is 17.8 Å². The number of anilines is 1. The van der Waals surface area contributed by atoms with Gasteiger partial charge in [0.25, 0.3) is 5.56 Å². The molecule has 0 saturated carbocycles. The van der Waals surface area contributed by atoms with Crippen molar-refractivity contribution in [3.05, 3.63) is 46.1 Å². The summed E-state index contributed by atoms with van der Waals surface area (Å²) in [6.45, 7) is 0. The molecule has 118 valence electrons. The number of aromatic nitrogens is 2. The quantitative estimate of drug-likeness (QED) is 0.548. The number of aromatic amines is 1. The zero-order chi connectivity index (χ0) is 16.2. The standard InChI is InChI=1S/C15H13N3O3S2/c1-21-10-4-2-3-9(7-10)16-12(19)8-23-15-17-11-5-6-22-13(11)14(20)18-15/h2-7H,8H2,1H3,(H,16,19)(H,17,18,20). The van der Waals surface area contributed by atoms with Crippen molar-refractivity contribution in [1.29, 1.82) is 0 Å². The second-order valence-corrected chi connectivity index (χ2v) is 6.46. The first-order valence-corrected chi connectivity index (χ1v) is 8.56. The van der Waals surface area contributed by atoms with Gasteiger partial charge >= 0.3 is 0 Å². The van der Waals surface area contributed by atoms with Crippen LogP contribution >= 0.6 is 23.1 Å². The van der Waals surface area contributed by atoms with E-state index in [1.807, 2.05) is 5.38 Å². The van der Waals surface area contributed by atoms with Crippen LogP contribution in [0.25, 0.3) is 10.2 Å². The number of rotatable bonds is 5. The Hall–Kier alpha value is -2.32. The van der Waals surface area contributed by atoms with Gasteiger partial charge in [-0.3, -0.25) is 9.59 Å². The van der Waals surface area contributed by atoms with E-state index in [2.05, 4.69) is 15.3 Å². The Labute approximate surface area is 139 Å². The lowest BCUT2D eigenvalue weighted by molar-refractivity contribution is -0.113. The van der Waals surface area contributed by atoms with E-state index >= 15 is 0 Å². The lowest BCUT2D eigenvalue weighted by atomic mass is 10.3. The fraction of sp³-hybridized carbons (Fsp3) is 0.133. The molecule has 2 aromatic heterocycles. The molecule has 1 amide bonds. The number of benzene rings is 1. The highest BCUT2D eigenvalue weighted by molar-refractivity contribution is 7.99. The van der Waals surface area contributed by atoms with Gasteiger partial charge in [0, 0.05) is 11.8 Å². The zero-order valence-corrected chi connectivity index (χ0v) is 13.8. The minimum Gasteiger partial charge on any atom is -0.497 e. The average Bonchev–Trinajstić information content (AvgIpc) is 3.02. The molecule has 8 heteroatoms. The molecule has 3 rings (SSSR count). The highest BCUT2D eigenvalue weighted by Gasteiger charge is 2.09. The first-order chi connectivity index (χ1) is 11.2. The van der Waals surface area contributed by atoms with Crippen LogP contribution in [0, 0.1) is 0 Å². The number of amides is 1. The Kier molecular flexibility index (Phi) is 4.63. The van der Waals surface area contributed by atoms with E-state index in [1.54, 1.807) is 37.4 Å². The van der Waals surface area contributed by atoms with Crippen LogP contribution in [-0.2, 0) is 4.79 Å². The maximum Gasteiger partial charge on any atom is 0.269 e. The third-order valence-corrected chi connectivity index (χ3v) is 4.76. The number of hydrogen-bond donors (Lipinski definition) is 2. The van der Waals surface area contributed by atoms with Crippen molar-refractivity contribution in [1.82, 2.24) is 9.97 Å². The van der Waals surface area contributed by atoms with Crippen LogP contribution in [0.2, 0.25) is 0 Å². The highest BCUT2D eigenvalue weighted by atomic mass is 32.2. The average molecular weight is 347 g/mol. The van der Waals surface area contributed by atoms with Gasteiger partial charge in [0.1, 0.15) is 10.4 Å². The molecular weight excluding hydrogens is 334 g/mol. The largest absolute Gasteiger partial charge is 0.497 e. The minimum absolute atomic E-state index is 0.149. The first-order valence-electron chi connectivity index (χ1n) is 6.70.